The molecule has 2 saturated heterocycles. The molecule has 0 aromatic heterocycles. The Bertz CT molecular complexity index is 826. The number of amides is 1. The fourth-order valence-electron chi connectivity index (χ4n) is 3.77. The van der Waals surface area contributed by atoms with Gasteiger partial charge in [-0.2, -0.15) is 9.57 Å². The van der Waals surface area contributed by atoms with E-state index in [1.807, 2.05) is 6.07 Å². The van der Waals surface area contributed by atoms with Gasteiger partial charge in [0, 0.05) is 32.2 Å². The molecule has 27 heavy (non-hydrogen) atoms. The van der Waals surface area contributed by atoms with Gasteiger partial charge in [-0.3, -0.25) is 9.69 Å². The summed E-state index contributed by atoms with van der Waals surface area (Å²) in [5.41, 5.74) is 0.148. The topological polar surface area (TPSA) is 84.7 Å². The highest BCUT2D eigenvalue weighted by molar-refractivity contribution is 7.89. The maximum Gasteiger partial charge on any atom is 0.244 e. The number of piperidine rings is 1. The summed E-state index contributed by atoms with van der Waals surface area (Å²) in [4.78, 5) is 16.6. The van der Waals surface area contributed by atoms with Crippen molar-refractivity contribution in [3.63, 3.8) is 0 Å². The van der Waals surface area contributed by atoms with Crippen molar-refractivity contribution in [1.82, 2.24) is 14.1 Å². The zero-order valence-electron chi connectivity index (χ0n) is 15.7. The number of hydrogen-bond donors (Lipinski definition) is 0. The van der Waals surface area contributed by atoms with Gasteiger partial charge in [0.25, 0.3) is 0 Å². The number of nitrogens with zero attached hydrogens (tertiary/aromatic N) is 4. The predicted octanol–water partition coefficient (Wildman–Crippen LogP) is 1.27. The third-order valence-electron chi connectivity index (χ3n) is 5.50. The quantitative estimate of drug-likeness (QED) is 0.773. The van der Waals surface area contributed by atoms with Crippen LogP contribution in [-0.4, -0.2) is 73.7 Å². The van der Waals surface area contributed by atoms with E-state index >= 15 is 0 Å². The zero-order valence-corrected chi connectivity index (χ0v) is 16.5. The molecule has 1 aromatic rings. The first-order chi connectivity index (χ1) is 12.9. The average Bonchev–Trinajstić information content (AvgIpc) is 2.69. The molecule has 2 heterocycles. The Kier molecular flexibility index (Phi) is 6.15. The van der Waals surface area contributed by atoms with E-state index < -0.39 is 10.0 Å². The Morgan fingerprint density at radius 3 is 2.52 bits per heavy atom. The molecule has 3 rings (SSSR count). The van der Waals surface area contributed by atoms with Gasteiger partial charge in [-0.1, -0.05) is 18.6 Å². The average molecular weight is 391 g/mol. The molecule has 0 N–H and O–H groups in total. The van der Waals surface area contributed by atoms with Crippen LogP contribution < -0.4 is 0 Å². The van der Waals surface area contributed by atoms with Crippen LogP contribution in [0.25, 0.3) is 0 Å². The van der Waals surface area contributed by atoms with Crippen LogP contribution in [0, 0.1) is 11.3 Å². The van der Waals surface area contributed by atoms with Gasteiger partial charge in [0.15, 0.2) is 0 Å². The Labute approximate surface area is 161 Å². The van der Waals surface area contributed by atoms with Crippen molar-refractivity contribution >= 4 is 15.9 Å². The maximum absolute atomic E-state index is 12.9. The Morgan fingerprint density at radius 1 is 1.15 bits per heavy atom. The zero-order chi connectivity index (χ0) is 19.4. The van der Waals surface area contributed by atoms with Gasteiger partial charge in [0.2, 0.25) is 15.9 Å². The van der Waals surface area contributed by atoms with Crippen LogP contribution in [-0.2, 0) is 14.8 Å². The molecule has 2 aliphatic rings. The lowest BCUT2D eigenvalue weighted by molar-refractivity contribution is -0.134. The van der Waals surface area contributed by atoms with E-state index in [0.29, 0.717) is 25.7 Å². The molecule has 8 heteroatoms. The van der Waals surface area contributed by atoms with Crippen molar-refractivity contribution in [3.05, 3.63) is 29.8 Å². The Morgan fingerprint density at radius 2 is 1.85 bits per heavy atom. The SMILES string of the molecule is C[C@H]1CCCCN1CC(=O)N1CCN(S(=O)(=O)c2ccccc2C#N)CC1. The molecular formula is C19H26N4O3S. The van der Waals surface area contributed by atoms with Gasteiger partial charge in [0.1, 0.15) is 6.07 Å². The fourth-order valence-corrected chi connectivity index (χ4v) is 5.33. The summed E-state index contributed by atoms with van der Waals surface area (Å²) in [5.74, 6) is 0.0678. The first kappa shape index (κ1) is 19.8. The molecule has 2 fully saturated rings. The first-order valence-electron chi connectivity index (χ1n) is 9.44. The first-order valence-corrected chi connectivity index (χ1v) is 10.9. The standard InChI is InChI=1S/C19H26N4O3S/c1-16-6-4-5-9-22(16)15-19(24)21-10-12-23(13-11-21)27(25,26)18-8-3-2-7-17(18)14-20/h2-3,7-8,16H,4-6,9-13,15H2,1H3/t16-/m0/s1. The number of likely N-dealkylation sites (tertiary alicyclic amines) is 1. The van der Waals surface area contributed by atoms with E-state index in [9.17, 15) is 18.5 Å². The number of rotatable bonds is 4. The normalized spacial score (nSPS) is 22.4. The van der Waals surface area contributed by atoms with Crippen LogP contribution in [0.5, 0.6) is 0 Å². The van der Waals surface area contributed by atoms with Crippen molar-refractivity contribution in [2.75, 3.05) is 39.3 Å². The fraction of sp³-hybridized carbons (Fsp3) is 0.579. The number of carbonyl (C=O) groups is 1. The van der Waals surface area contributed by atoms with Crippen LogP contribution >= 0.6 is 0 Å². The van der Waals surface area contributed by atoms with E-state index in [1.54, 1.807) is 17.0 Å². The molecule has 0 radical (unpaired) electrons. The minimum atomic E-state index is -3.73. The number of sulfonamides is 1. The van der Waals surface area contributed by atoms with E-state index in [-0.39, 0.29) is 29.5 Å². The van der Waals surface area contributed by atoms with Crippen LogP contribution in [0.15, 0.2) is 29.2 Å². The maximum atomic E-state index is 12.9. The number of nitriles is 1. The van der Waals surface area contributed by atoms with E-state index in [0.717, 1.165) is 19.4 Å². The molecule has 2 aliphatic heterocycles. The van der Waals surface area contributed by atoms with Crippen molar-refractivity contribution in [3.8, 4) is 6.07 Å². The summed E-state index contributed by atoms with van der Waals surface area (Å²) in [6.45, 7) is 4.79. The van der Waals surface area contributed by atoms with Crippen LogP contribution in [0.3, 0.4) is 0 Å². The predicted molar refractivity (Wildman–Crippen MR) is 101 cm³/mol. The second-order valence-electron chi connectivity index (χ2n) is 7.21. The second-order valence-corrected chi connectivity index (χ2v) is 9.11. The van der Waals surface area contributed by atoms with Gasteiger partial charge in [-0.05, 0) is 38.4 Å². The van der Waals surface area contributed by atoms with Gasteiger partial charge < -0.3 is 4.90 Å². The molecular weight excluding hydrogens is 364 g/mol. The van der Waals surface area contributed by atoms with Crippen molar-refractivity contribution in [1.29, 1.82) is 5.26 Å². The van der Waals surface area contributed by atoms with E-state index in [4.69, 9.17) is 0 Å². The van der Waals surface area contributed by atoms with Gasteiger partial charge >= 0.3 is 0 Å². The lowest BCUT2D eigenvalue weighted by Crippen LogP contribution is -2.53. The molecule has 146 valence electrons. The van der Waals surface area contributed by atoms with Gasteiger partial charge in [-0.15, -0.1) is 0 Å². The summed E-state index contributed by atoms with van der Waals surface area (Å²) in [6, 6.07) is 8.60. The lowest BCUT2D eigenvalue weighted by atomic mass is 10.0. The minimum absolute atomic E-state index is 0.0365. The van der Waals surface area contributed by atoms with Crippen molar-refractivity contribution in [2.45, 2.75) is 37.1 Å². The number of piperazine rings is 1. The number of carbonyl (C=O) groups excluding carboxylic acids is 1. The minimum Gasteiger partial charge on any atom is -0.339 e. The van der Waals surface area contributed by atoms with E-state index in [1.165, 1.54) is 22.9 Å². The molecule has 0 bridgehead atoms. The number of hydrogen-bond acceptors (Lipinski definition) is 5. The Balaban J connectivity index is 1.61. The summed E-state index contributed by atoms with van der Waals surface area (Å²) in [6.07, 6.45) is 3.46. The lowest BCUT2D eigenvalue weighted by Gasteiger charge is -2.37. The highest BCUT2D eigenvalue weighted by atomic mass is 32.2. The summed E-state index contributed by atoms with van der Waals surface area (Å²) in [7, 11) is -3.73. The molecule has 0 spiro atoms. The molecule has 0 aliphatic carbocycles. The van der Waals surface area contributed by atoms with Crippen molar-refractivity contribution in [2.24, 2.45) is 0 Å². The molecule has 1 aromatic carbocycles. The largest absolute Gasteiger partial charge is 0.339 e. The molecule has 7 nitrogen and oxygen atoms in total. The molecule has 1 amide bonds. The van der Waals surface area contributed by atoms with Gasteiger partial charge in [-0.25, -0.2) is 8.42 Å². The van der Waals surface area contributed by atoms with Gasteiger partial charge in [0.05, 0.1) is 17.0 Å². The highest BCUT2D eigenvalue weighted by Crippen LogP contribution is 2.21. The van der Waals surface area contributed by atoms with Crippen LogP contribution in [0.1, 0.15) is 31.7 Å². The summed E-state index contributed by atoms with van der Waals surface area (Å²) in [5, 5.41) is 9.18. The summed E-state index contributed by atoms with van der Waals surface area (Å²) >= 11 is 0. The van der Waals surface area contributed by atoms with Crippen LogP contribution in [0.4, 0.5) is 0 Å². The van der Waals surface area contributed by atoms with Crippen LogP contribution in [0.2, 0.25) is 0 Å². The number of benzene rings is 1. The third kappa shape index (κ3) is 4.32. The third-order valence-corrected chi connectivity index (χ3v) is 7.45. The van der Waals surface area contributed by atoms with E-state index in [2.05, 4.69) is 11.8 Å². The Hall–Kier alpha value is -1.95. The van der Waals surface area contributed by atoms with Crippen molar-refractivity contribution < 1.29 is 13.2 Å². The summed E-state index contributed by atoms with van der Waals surface area (Å²) < 4.78 is 27.1. The monoisotopic (exact) mass is 390 g/mol. The molecule has 0 saturated carbocycles. The molecule has 1 atom stereocenters. The smallest absolute Gasteiger partial charge is 0.244 e. The molecule has 0 unspecified atom stereocenters. The second kappa shape index (κ2) is 8.38. The highest BCUT2D eigenvalue weighted by Gasteiger charge is 2.32.